The van der Waals surface area contributed by atoms with Crippen molar-refractivity contribution in [2.45, 2.75) is 18.5 Å². The Hall–Kier alpha value is -1.71. The zero-order chi connectivity index (χ0) is 16.1. The molecule has 3 rings (SSSR count). The number of nitriles is 1. The lowest BCUT2D eigenvalue weighted by Gasteiger charge is -2.12. The lowest BCUT2D eigenvalue weighted by molar-refractivity contribution is -0.137. The summed E-state index contributed by atoms with van der Waals surface area (Å²) in [6.07, 6.45) is -0.541. The Morgan fingerprint density at radius 3 is 2.41 bits per heavy atom. The fraction of sp³-hybridized carbons (Fsp3) is 0.286. The Morgan fingerprint density at radius 1 is 1.27 bits per heavy atom. The number of benzene rings is 1. The number of aromatic nitrogens is 2. The van der Waals surface area contributed by atoms with Gasteiger partial charge in [-0.15, -0.1) is 0 Å². The minimum Gasteiger partial charge on any atom is -0.238 e. The third kappa shape index (κ3) is 2.67. The maximum Gasteiger partial charge on any atom is 0.416 e. The molecule has 114 valence electrons. The molecule has 0 saturated heterocycles. The molecule has 1 aromatic carbocycles. The molecule has 1 heterocycles. The summed E-state index contributed by atoms with van der Waals surface area (Å²) >= 11 is 11.9. The van der Waals surface area contributed by atoms with Gasteiger partial charge in [0, 0.05) is 12.1 Å². The predicted octanol–water partition coefficient (Wildman–Crippen LogP) is 4.82. The van der Waals surface area contributed by atoms with Gasteiger partial charge in [0.15, 0.2) is 0 Å². The molecule has 0 N–H and O–H groups in total. The molecule has 3 nitrogen and oxygen atoms in total. The largest absolute Gasteiger partial charge is 0.416 e. The molecule has 1 aliphatic rings. The van der Waals surface area contributed by atoms with Crippen LogP contribution in [0.3, 0.4) is 0 Å². The van der Waals surface area contributed by atoms with Crippen molar-refractivity contribution < 1.29 is 13.2 Å². The summed E-state index contributed by atoms with van der Waals surface area (Å²) in [6, 6.07) is 3.81. The minimum atomic E-state index is -4.52. The van der Waals surface area contributed by atoms with E-state index in [4.69, 9.17) is 28.5 Å². The number of hydrogen-bond donors (Lipinski definition) is 0. The molecule has 2 aromatic rings. The van der Waals surface area contributed by atoms with E-state index in [2.05, 4.69) is 11.2 Å². The number of rotatable bonds is 2. The molecule has 0 spiro atoms. The molecule has 1 aliphatic carbocycles. The van der Waals surface area contributed by atoms with Crippen LogP contribution >= 0.6 is 23.2 Å². The van der Waals surface area contributed by atoms with Crippen LogP contribution in [-0.2, 0) is 6.18 Å². The maximum atomic E-state index is 12.7. The van der Waals surface area contributed by atoms with Crippen LogP contribution in [0.5, 0.6) is 0 Å². The lowest BCUT2D eigenvalue weighted by Crippen LogP contribution is -2.06. The van der Waals surface area contributed by atoms with Gasteiger partial charge >= 0.3 is 6.18 Å². The highest BCUT2D eigenvalue weighted by molar-refractivity contribution is 6.37. The SMILES string of the molecule is N#CC1CC1c1cnn(-c2c(Cl)cc(C(F)(F)F)cc2Cl)c1. The normalized spacial score (nSPS) is 20.7. The molecule has 1 fully saturated rings. The summed E-state index contributed by atoms with van der Waals surface area (Å²) in [5.74, 6) is 0.0851. The average molecular weight is 346 g/mol. The fourth-order valence-electron chi connectivity index (χ4n) is 2.30. The van der Waals surface area contributed by atoms with Crippen molar-refractivity contribution in [3.8, 4) is 11.8 Å². The Kier molecular flexibility index (Phi) is 3.58. The number of alkyl halides is 3. The van der Waals surface area contributed by atoms with Crippen LogP contribution in [0.4, 0.5) is 13.2 Å². The summed E-state index contributed by atoms with van der Waals surface area (Å²) in [5, 5.41) is 12.6. The van der Waals surface area contributed by atoms with E-state index in [-0.39, 0.29) is 27.6 Å². The molecule has 1 aromatic heterocycles. The van der Waals surface area contributed by atoms with Gasteiger partial charge in [0.25, 0.3) is 0 Å². The summed E-state index contributed by atoms with van der Waals surface area (Å²) in [7, 11) is 0. The summed E-state index contributed by atoms with van der Waals surface area (Å²) in [5.41, 5.74) is 0.126. The Bertz CT molecular complexity index is 753. The van der Waals surface area contributed by atoms with E-state index in [0.29, 0.717) is 0 Å². The van der Waals surface area contributed by atoms with E-state index in [1.807, 2.05) is 0 Å². The first-order valence-electron chi connectivity index (χ1n) is 6.32. The molecule has 0 amide bonds. The van der Waals surface area contributed by atoms with Gasteiger partial charge in [0.2, 0.25) is 0 Å². The monoisotopic (exact) mass is 345 g/mol. The van der Waals surface area contributed by atoms with Crippen molar-refractivity contribution in [2.24, 2.45) is 5.92 Å². The van der Waals surface area contributed by atoms with E-state index >= 15 is 0 Å². The van der Waals surface area contributed by atoms with Gasteiger partial charge in [0.05, 0.1) is 33.8 Å². The first-order valence-corrected chi connectivity index (χ1v) is 7.07. The van der Waals surface area contributed by atoms with E-state index in [9.17, 15) is 13.2 Å². The highest BCUT2D eigenvalue weighted by Crippen LogP contribution is 2.47. The topological polar surface area (TPSA) is 41.6 Å². The predicted molar refractivity (Wildman–Crippen MR) is 75.0 cm³/mol. The molecule has 8 heteroatoms. The van der Waals surface area contributed by atoms with Crippen molar-refractivity contribution in [3.63, 3.8) is 0 Å². The fourth-order valence-corrected chi connectivity index (χ4v) is 2.96. The molecular formula is C14H8Cl2F3N3. The van der Waals surface area contributed by atoms with E-state index < -0.39 is 11.7 Å². The molecule has 1 saturated carbocycles. The van der Waals surface area contributed by atoms with Gasteiger partial charge in [-0.25, -0.2) is 4.68 Å². The Labute approximate surface area is 133 Å². The maximum absolute atomic E-state index is 12.7. The Morgan fingerprint density at radius 2 is 1.91 bits per heavy atom. The van der Waals surface area contributed by atoms with Crippen molar-refractivity contribution in [1.29, 1.82) is 5.26 Å². The van der Waals surface area contributed by atoms with Crippen LogP contribution < -0.4 is 0 Å². The first-order chi connectivity index (χ1) is 10.3. The van der Waals surface area contributed by atoms with E-state index in [0.717, 1.165) is 24.1 Å². The summed E-state index contributed by atoms with van der Waals surface area (Å²) in [6.45, 7) is 0. The van der Waals surface area contributed by atoms with Gasteiger partial charge in [-0.2, -0.15) is 23.5 Å². The van der Waals surface area contributed by atoms with E-state index in [1.54, 1.807) is 12.4 Å². The zero-order valence-electron chi connectivity index (χ0n) is 10.9. The van der Waals surface area contributed by atoms with Crippen molar-refractivity contribution >= 4 is 23.2 Å². The highest BCUT2D eigenvalue weighted by Gasteiger charge is 2.39. The minimum absolute atomic E-state index is 0.0313. The quantitative estimate of drug-likeness (QED) is 0.782. The Balaban J connectivity index is 1.98. The number of hydrogen-bond acceptors (Lipinski definition) is 2. The first kappa shape index (κ1) is 15.2. The molecular weight excluding hydrogens is 338 g/mol. The molecule has 2 unspecified atom stereocenters. The smallest absolute Gasteiger partial charge is 0.238 e. The second-order valence-electron chi connectivity index (χ2n) is 5.08. The van der Waals surface area contributed by atoms with Crippen molar-refractivity contribution in [2.75, 3.05) is 0 Å². The van der Waals surface area contributed by atoms with E-state index in [1.165, 1.54) is 4.68 Å². The average Bonchev–Trinajstić information content (AvgIpc) is 3.07. The van der Waals surface area contributed by atoms with Gasteiger partial charge in [-0.05, 0) is 24.1 Å². The van der Waals surface area contributed by atoms with Gasteiger partial charge < -0.3 is 0 Å². The highest BCUT2D eigenvalue weighted by atomic mass is 35.5. The summed E-state index contributed by atoms with van der Waals surface area (Å²) < 4.78 is 39.5. The third-order valence-corrected chi connectivity index (χ3v) is 4.14. The zero-order valence-corrected chi connectivity index (χ0v) is 12.4. The molecule has 2 atom stereocenters. The number of nitrogens with zero attached hydrogens (tertiary/aromatic N) is 3. The van der Waals surface area contributed by atoms with Gasteiger partial charge in [-0.3, -0.25) is 0 Å². The lowest BCUT2D eigenvalue weighted by atomic mass is 10.2. The van der Waals surface area contributed by atoms with Crippen molar-refractivity contribution in [3.05, 3.63) is 45.7 Å². The van der Waals surface area contributed by atoms with Crippen LogP contribution in [0.1, 0.15) is 23.5 Å². The third-order valence-electron chi connectivity index (χ3n) is 3.56. The van der Waals surface area contributed by atoms with Crippen LogP contribution in [-0.4, -0.2) is 9.78 Å². The van der Waals surface area contributed by atoms with Crippen molar-refractivity contribution in [1.82, 2.24) is 9.78 Å². The van der Waals surface area contributed by atoms with Crippen LogP contribution in [0, 0.1) is 17.2 Å². The molecule has 0 aliphatic heterocycles. The van der Waals surface area contributed by atoms with Gasteiger partial charge in [-0.1, -0.05) is 23.2 Å². The second kappa shape index (κ2) is 5.18. The summed E-state index contributed by atoms with van der Waals surface area (Å²) in [4.78, 5) is 0. The number of halogens is 5. The van der Waals surface area contributed by atoms with Crippen LogP contribution in [0.15, 0.2) is 24.5 Å². The van der Waals surface area contributed by atoms with Crippen LogP contribution in [0.25, 0.3) is 5.69 Å². The van der Waals surface area contributed by atoms with Gasteiger partial charge in [0.1, 0.15) is 5.69 Å². The standard InChI is InChI=1S/C14H8Cl2F3N3/c15-11-2-9(14(17,18)19)3-12(16)13(11)22-6-8(5-21-22)10-1-7(10)4-20/h2-3,5-7,10H,1H2. The van der Waals surface area contributed by atoms with Crippen LogP contribution in [0.2, 0.25) is 10.0 Å². The second-order valence-corrected chi connectivity index (χ2v) is 5.90. The molecule has 22 heavy (non-hydrogen) atoms. The molecule has 0 bridgehead atoms. The molecule has 0 radical (unpaired) electrons.